The third kappa shape index (κ3) is 6.90. The van der Waals surface area contributed by atoms with Crippen LogP contribution in [0.1, 0.15) is 38.3 Å². The van der Waals surface area contributed by atoms with Gasteiger partial charge in [-0.3, -0.25) is 19.5 Å². The van der Waals surface area contributed by atoms with Crippen LogP contribution >= 0.6 is 0 Å². The highest BCUT2D eigenvalue weighted by Gasteiger charge is 2.17. The fraction of sp³-hybridized carbons (Fsp3) is 0.321. The SMILES string of the molecule is CN(CCN(CCCOc1ccc2c(c1)CCNC2=O)Cc1ccncc1)C(=O)c1ccccc1. The van der Waals surface area contributed by atoms with E-state index in [0.717, 1.165) is 49.4 Å². The highest BCUT2D eigenvalue weighted by atomic mass is 16.5. The highest BCUT2D eigenvalue weighted by Crippen LogP contribution is 2.21. The first kappa shape index (κ1) is 24.4. The van der Waals surface area contributed by atoms with Gasteiger partial charge in [0, 0.05) is 63.3 Å². The highest BCUT2D eigenvalue weighted by molar-refractivity contribution is 5.96. The zero-order valence-electron chi connectivity index (χ0n) is 20.2. The van der Waals surface area contributed by atoms with Gasteiger partial charge in [0.1, 0.15) is 5.75 Å². The molecule has 2 amide bonds. The number of carbonyl (C=O) groups is 2. The molecule has 7 heteroatoms. The van der Waals surface area contributed by atoms with Gasteiger partial charge in [-0.15, -0.1) is 0 Å². The molecule has 4 rings (SSSR count). The topological polar surface area (TPSA) is 74.8 Å². The normalized spacial score (nSPS) is 12.7. The third-order valence-electron chi connectivity index (χ3n) is 6.16. The summed E-state index contributed by atoms with van der Waals surface area (Å²) < 4.78 is 6.00. The van der Waals surface area contributed by atoms with Crippen molar-refractivity contribution in [1.82, 2.24) is 20.1 Å². The Balaban J connectivity index is 1.30. The van der Waals surface area contributed by atoms with Gasteiger partial charge in [0.15, 0.2) is 0 Å². The van der Waals surface area contributed by atoms with Crippen molar-refractivity contribution < 1.29 is 14.3 Å². The molecule has 0 unspecified atom stereocenters. The molecule has 0 radical (unpaired) electrons. The van der Waals surface area contributed by atoms with Crippen molar-refractivity contribution in [2.24, 2.45) is 0 Å². The molecule has 2 heterocycles. The Morgan fingerprint density at radius 3 is 2.63 bits per heavy atom. The molecule has 0 bridgehead atoms. The van der Waals surface area contributed by atoms with Gasteiger partial charge in [-0.1, -0.05) is 18.2 Å². The Hall–Kier alpha value is -3.71. The summed E-state index contributed by atoms with van der Waals surface area (Å²) in [5, 5.41) is 2.86. The van der Waals surface area contributed by atoms with Crippen molar-refractivity contribution in [1.29, 1.82) is 0 Å². The van der Waals surface area contributed by atoms with Gasteiger partial charge in [-0.05, 0) is 66.4 Å². The van der Waals surface area contributed by atoms with Crippen LogP contribution in [0.25, 0.3) is 0 Å². The monoisotopic (exact) mass is 472 g/mol. The van der Waals surface area contributed by atoms with Crippen LogP contribution in [-0.4, -0.2) is 66.4 Å². The zero-order valence-corrected chi connectivity index (χ0v) is 20.2. The quantitative estimate of drug-likeness (QED) is 0.433. The molecule has 1 aliphatic heterocycles. The molecule has 0 aliphatic carbocycles. The Kier molecular flexibility index (Phi) is 8.46. The first-order chi connectivity index (χ1) is 17.1. The van der Waals surface area contributed by atoms with E-state index in [0.29, 0.717) is 25.3 Å². The summed E-state index contributed by atoms with van der Waals surface area (Å²) in [5.74, 6) is 0.812. The standard InChI is InChI=1S/C28H32N4O3/c1-31(28(34)23-6-3-2-4-7-23)17-18-32(21-22-10-13-29-14-11-22)16-5-19-35-25-8-9-26-24(20-25)12-15-30-27(26)33/h2-4,6-11,13-14,20H,5,12,15-19,21H2,1H3,(H,30,33). The lowest BCUT2D eigenvalue weighted by Gasteiger charge is -2.26. The molecule has 35 heavy (non-hydrogen) atoms. The van der Waals surface area contributed by atoms with E-state index < -0.39 is 0 Å². The summed E-state index contributed by atoms with van der Waals surface area (Å²) >= 11 is 0. The first-order valence-electron chi connectivity index (χ1n) is 12.1. The van der Waals surface area contributed by atoms with Crippen LogP contribution in [0, 0.1) is 0 Å². The lowest BCUT2D eigenvalue weighted by atomic mass is 10.0. The molecule has 0 saturated heterocycles. The van der Waals surface area contributed by atoms with E-state index in [1.165, 1.54) is 5.56 Å². The molecule has 1 aromatic heterocycles. The van der Waals surface area contributed by atoms with E-state index in [9.17, 15) is 9.59 Å². The summed E-state index contributed by atoms with van der Waals surface area (Å²) in [4.78, 5) is 32.9. The van der Waals surface area contributed by atoms with Crippen LogP contribution in [0.3, 0.4) is 0 Å². The van der Waals surface area contributed by atoms with E-state index >= 15 is 0 Å². The molecular formula is C28H32N4O3. The molecule has 0 atom stereocenters. The summed E-state index contributed by atoms with van der Waals surface area (Å²) in [6, 6.07) is 19.1. The number of likely N-dealkylation sites (N-methyl/N-ethyl adjacent to an activating group) is 1. The third-order valence-corrected chi connectivity index (χ3v) is 6.16. The number of nitrogens with zero attached hydrogens (tertiary/aromatic N) is 3. The number of rotatable bonds is 11. The van der Waals surface area contributed by atoms with E-state index in [-0.39, 0.29) is 11.8 Å². The molecule has 1 N–H and O–H groups in total. The van der Waals surface area contributed by atoms with Crippen molar-refractivity contribution in [2.45, 2.75) is 19.4 Å². The Morgan fingerprint density at radius 1 is 1.03 bits per heavy atom. The summed E-state index contributed by atoms with van der Waals surface area (Å²) in [5.41, 5.74) is 3.66. The van der Waals surface area contributed by atoms with Crippen molar-refractivity contribution in [2.75, 3.05) is 39.8 Å². The maximum atomic E-state index is 12.7. The van der Waals surface area contributed by atoms with Gasteiger partial charge in [0.25, 0.3) is 11.8 Å². The van der Waals surface area contributed by atoms with Crippen LogP contribution in [0.2, 0.25) is 0 Å². The fourth-order valence-corrected chi connectivity index (χ4v) is 4.18. The van der Waals surface area contributed by atoms with Crippen LogP contribution < -0.4 is 10.1 Å². The minimum atomic E-state index is -0.0136. The predicted octanol–water partition coefficient (Wildman–Crippen LogP) is 3.41. The number of carbonyl (C=O) groups excluding carboxylic acids is 2. The molecule has 0 saturated carbocycles. The average molecular weight is 473 g/mol. The van der Waals surface area contributed by atoms with Gasteiger partial charge in [0.05, 0.1) is 6.61 Å². The molecule has 2 aromatic carbocycles. The predicted molar refractivity (Wildman–Crippen MR) is 136 cm³/mol. The molecular weight excluding hydrogens is 440 g/mol. The smallest absolute Gasteiger partial charge is 0.253 e. The number of amides is 2. The van der Waals surface area contributed by atoms with Crippen LogP contribution in [0.5, 0.6) is 5.75 Å². The number of aromatic nitrogens is 1. The number of fused-ring (bicyclic) bond motifs is 1. The van der Waals surface area contributed by atoms with Gasteiger partial charge >= 0.3 is 0 Å². The number of hydrogen-bond donors (Lipinski definition) is 1. The summed E-state index contributed by atoms with van der Waals surface area (Å²) in [6.45, 7) is 4.25. The Morgan fingerprint density at radius 2 is 1.83 bits per heavy atom. The molecule has 1 aliphatic rings. The van der Waals surface area contributed by atoms with Crippen LogP contribution in [0.4, 0.5) is 0 Å². The number of ether oxygens (including phenoxy) is 1. The molecule has 0 spiro atoms. The minimum absolute atomic E-state index is 0.0136. The molecule has 7 nitrogen and oxygen atoms in total. The largest absolute Gasteiger partial charge is 0.494 e. The van der Waals surface area contributed by atoms with Crippen LogP contribution in [0.15, 0.2) is 73.1 Å². The second-order valence-corrected chi connectivity index (χ2v) is 8.75. The van der Waals surface area contributed by atoms with Crippen molar-refractivity contribution >= 4 is 11.8 Å². The second kappa shape index (κ2) is 12.1. The minimum Gasteiger partial charge on any atom is -0.494 e. The van der Waals surface area contributed by atoms with Gasteiger partial charge in [-0.25, -0.2) is 0 Å². The zero-order chi connectivity index (χ0) is 24.5. The fourth-order valence-electron chi connectivity index (χ4n) is 4.18. The number of hydrogen-bond acceptors (Lipinski definition) is 5. The molecule has 182 valence electrons. The van der Waals surface area contributed by atoms with Gasteiger partial charge in [-0.2, -0.15) is 0 Å². The lowest BCUT2D eigenvalue weighted by Crippen LogP contribution is -2.37. The summed E-state index contributed by atoms with van der Waals surface area (Å²) in [6.07, 6.45) is 5.28. The maximum absolute atomic E-state index is 12.7. The first-order valence-corrected chi connectivity index (χ1v) is 12.1. The number of nitrogens with one attached hydrogen (secondary N) is 1. The molecule has 0 fully saturated rings. The van der Waals surface area contributed by atoms with E-state index in [1.54, 1.807) is 17.3 Å². The molecule has 3 aromatic rings. The van der Waals surface area contributed by atoms with Gasteiger partial charge < -0.3 is 15.0 Å². The van der Waals surface area contributed by atoms with Crippen molar-refractivity contribution in [3.05, 3.63) is 95.3 Å². The van der Waals surface area contributed by atoms with Gasteiger partial charge in [0.2, 0.25) is 0 Å². The van der Waals surface area contributed by atoms with E-state index in [2.05, 4.69) is 15.2 Å². The van der Waals surface area contributed by atoms with Crippen LogP contribution in [-0.2, 0) is 13.0 Å². The average Bonchev–Trinajstić information content (AvgIpc) is 2.90. The Bertz CT molecular complexity index is 1120. The van der Waals surface area contributed by atoms with Crippen molar-refractivity contribution in [3.8, 4) is 5.75 Å². The Labute approximate surface area is 206 Å². The summed E-state index contributed by atoms with van der Waals surface area (Å²) in [7, 11) is 1.85. The van der Waals surface area contributed by atoms with E-state index in [1.807, 2.05) is 67.7 Å². The van der Waals surface area contributed by atoms with Crippen molar-refractivity contribution in [3.63, 3.8) is 0 Å². The second-order valence-electron chi connectivity index (χ2n) is 8.75. The number of pyridine rings is 1. The maximum Gasteiger partial charge on any atom is 0.253 e. The van der Waals surface area contributed by atoms with E-state index in [4.69, 9.17) is 4.74 Å². The lowest BCUT2D eigenvalue weighted by molar-refractivity contribution is 0.0774. The number of benzene rings is 2.